The Morgan fingerprint density at radius 3 is 2.50 bits per heavy atom. The Labute approximate surface area is 186 Å². The largest absolute Gasteiger partial charge is 0.420 e. The number of oxazole rings is 1. The van der Waals surface area contributed by atoms with Crippen LogP contribution in [0.2, 0.25) is 0 Å². The number of carbonyl (C=O) groups is 1. The van der Waals surface area contributed by atoms with Crippen LogP contribution < -0.4 is 15.6 Å². The van der Waals surface area contributed by atoms with E-state index in [0.29, 0.717) is 37.3 Å². The number of para-hydroxylation sites is 2. The van der Waals surface area contributed by atoms with Crippen LogP contribution in [-0.4, -0.2) is 64.6 Å². The molecule has 32 heavy (non-hydrogen) atoms. The van der Waals surface area contributed by atoms with Gasteiger partial charge < -0.3 is 19.1 Å². The number of amides is 1. The molecule has 0 N–H and O–H groups in total. The summed E-state index contributed by atoms with van der Waals surface area (Å²) in [5.74, 6) is 1.15. The summed E-state index contributed by atoms with van der Waals surface area (Å²) in [4.78, 5) is 40.9. The highest BCUT2D eigenvalue weighted by Crippen LogP contribution is 2.22. The third kappa shape index (κ3) is 4.06. The molecule has 0 bridgehead atoms. The topological polar surface area (TPSA) is 87.7 Å². The first kappa shape index (κ1) is 20.5. The van der Waals surface area contributed by atoms with Crippen LogP contribution >= 0.6 is 0 Å². The van der Waals surface area contributed by atoms with E-state index in [1.54, 1.807) is 12.1 Å². The van der Waals surface area contributed by atoms with Gasteiger partial charge in [-0.25, -0.2) is 9.78 Å². The third-order valence-electron chi connectivity index (χ3n) is 6.29. The smallest absolute Gasteiger partial charge is 0.408 e. The quantitative estimate of drug-likeness (QED) is 0.618. The van der Waals surface area contributed by atoms with Crippen molar-refractivity contribution in [3.05, 3.63) is 46.6 Å². The molecule has 9 heteroatoms. The molecule has 9 nitrogen and oxygen atoms in total. The molecule has 1 amide bonds. The van der Waals surface area contributed by atoms with Crippen molar-refractivity contribution in [3.63, 3.8) is 0 Å². The van der Waals surface area contributed by atoms with E-state index in [1.165, 1.54) is 23.8 Å². The van der Waals surface area contributed by atoms with Crippen molar-refractivity contribution in [2.75, 3.05) is 49.1 Å². The van der Waals surface area contributed by atoms with Gasteiger partial charge in [-0.15, -0.1) is 0 Å². The van der Waals surface area contributed by atoms with E-state index in [4.69, 9.17) is 9.40 Å². The molecule has 2 aromatic heterocycles. The van der Waals surface area contributed by atoms with Crippen LogP contribution in [0.15, 0.2) is 39.5 Å². The number of fused-ring (bicyclic) bond motifs is 1. The molecule has 0 spiro atoms. The number of nitrogens with zero attached hydrogens (tertiary/aromatic N) is 6. The van der Waals surface area contributed by atoms with E-state index < -0.39 is 5.76 Å². The third-order valence-corrected chi connectivity index (χ3v) is 6.29. The van der Waals surface area contributed by atoms with E-state index in [0.717, 1.165) is 30.5 Å². The molecule has 1 aromatic carbocycles. The molecule has 0 saturated carbocycles. The van der Waals surface area contributed by atoms with Crippen molar-refractivity contribution >= 4 is 28.8 Å². The lowest BCUT2D eigenvalue weighted by Crippen LogP contribution is -2.50. The molecule has 0 radical (unpaired) electrons. The molecule has 2 saturated heterocycles. The van der Waals surface area contributed by atoms with Crippen LogP contribution in [0.5, 0.6) is 0 Å². The van der Waals surface area contributed by atoms with Crippen LogP contribution in [0.4, 0.5) is 11.8 Å². The molecule has 0 aliphatic carbocycles. The van der Waals surface area contributed by atoms with Crippen molar-refractivity contribution in [1.29, 1.82) is 0 Å². The molecule has 4 heterocycles. The lowest BCUT2D eigenvalue weighted by atomic mass is 10.1. The van der Waals surface area contributed by atoms with Gasteiger partial charge in [0.1, 0.15) is 12.4 Å². The minimum atomic E-state index is -0.500. The van der Waals surface area contributed by atoms with Gasteiger partial charge in [-0.3, -0.25) is 9.36 Å². The SMILES string of the molecule is Cc1cc(N2CCN(C(=O)Cn3c(=O)oc4ccccc43)CC2)nc(N2CCCCC2)n1. The number of aromatic nitrogens is 3. The Balaban J connectivity index is 1.25. The minimum absolute atomic E-state index is 0.0123. The van der Waals surface area contributed by atoms with Crippen LogP contribution in [0.1, 0.15) is 25.0 Å². The van der Waals surface area contributed by atoms with Gasteiger partial charge in [-0.2, -0.15) is 4.98 Å². The first-order valence-electron chi connectivity index (χ1n) is 11.3. The van der Waals surface area contributed by atoms with Crippen LogP contribution in [0, 0.1) is 6.92 Å². The van der Waals surface area contributed by atoms with E-state index in [2.05, 4.69) is 14.8 Å². The van der Waals surface area contributed by atoms with Gasteiger partial charge in [0.2, 0.25) is 11.9 Å². The molecule has 0 unspecified atom stereocenters. The van der Waals surface area contributed by atoms with Crippen LogP contribution in [0.25, 0.3) is 11.1 Å². The highest BCUT2D eigenvalue weighted by atomic mass is 16.4. The summed E-state index contributed by atoms with van der Waals surface area (Å²) in [5.41, 5.74) is 2.10. The highest BCUT2D eigenvalue weighted by molar-refractivity contribution is 5.79. The van der Waals surface area contributed by atoms with Gasteiger partial charge in [0.05, 0.1) is 5.52 Å². The maximum absolute atomic E-state index is 12.9. The number of hydrogen-bond acceptors (Lipinski definition) is 7. The fraction of sp³-hybridized carbons (Fsp3) is 0.478. The summed E-state index contributed by atoms with van der Waals surface area (Å²) in [7, 11) is 0. The average molecular weight is 437 g/mol. The van der Waals surface area contributed by atoms with Crippen molar-refractivity contribution < 1.29 is 9.21 Å². The van der Waals surface area contributed by atoms with Gasteiger partial charge in [-0.05, 0) is 38.3 Å². The standard InChI is InChI=1S/C23H28N6O3/c1-17-15-20(25-22(24-17)28-9-5-2-6-10-28)26-11-13-27(14-12-26)21(30)16-29-18-7-3-4-8-19(18)32-23(29)31/h3-4,7-8,15H,2,5-6,9-14,16H2,1H3. The number of piperidine rings is 1. The summed E-state index contributed by atoms with van der Waals surface area (Å²) >= 11 is 0. The van der Waals surface area contributed by atoms with Gasteiger partial charge in [0, 0.05) is 51.0 Å². The number of aryl methyl sites for hydroxylation is 1. The van der Waals surface area contributed by atoms with Crippen molar-refractivity contribution in [2.45, 2.75) is 32.7 Å². The average Bonchev–Trinajstić information content (AvgIpc) is 3.14. The number of carbonyl (C=O) groups excluding carboxylic acids is 1. The summed E-state index contributed by atoms with van der Waals surface area (Å²) in [5, 5.41) is 0. The zero-order valence-corrected chi connectivity index (χ0v) is 18.4. The molecule has 2 fully saturated rings. The lowest BCUT2D eigenvalue weighted by Gasteiger charge is -2.36. The van der Waals surface area contributed by atoms with Crippen molar-refractivity contribution in [2.24, 2.45) is 0 Å². The highest BCUT2D eigenvalue weighted by Gasteiger charge is 2.24. The molecule has 3 aromatic rings. The molecule has 168 valence electrons. The summed E-state index contributed by atoms with van der Waals surface area (Å²) in [6.45, 7) is 6.58. The Bertz CT molecular complexity index is 1170. The van der Waals surface area contributed by atoms with Gasteiger partial charge in [0.25, 0.3) is 0 Å². The molecule has 2 aliphatic rings. The molecule has 0 atom stereocenters. The van der Waals surface area contributed by atoms with Crippen LogP contribution in [0.3, 0.4) is 0 Å². The summed E-state index contributed by atoms with van der Waals surface area (Å²) < 4.78 is 6.65. The van der Waals surface area contributed by atoms with Crippen LogP contribution in [-0.2, 0) is 11.3 Å². The molecular formula is C23H28N6O3. The fourth-order valence-corrected chi connectivity index (χ4v) is 4.52. The zero-order chi connectivity index (χ0) is 22.1. The fourth-order valence-electron chi connectivity index (χ4n) is 4.52. The van der Waals surface area contributed by atoms with Gasteiger partial charge >= 0.3 is 5.76 Å². The van der Waals surface area contributed by atoms with E-state index in [-0.39, 0.29) is 12.5 Å². The van der Waals surface area contributed by atoms with Crippen molar-refractivity contribution in [3.8, 4) is 0 Å². The van der Waals surface area contributed by atoms with Gasteiger partial charge in [0.15, 0.2) is 5.58 Å². The predicted molar refractivity (Wildman–Crippen MR) is 122 cm³/mol. The molecule has 2 aliphatic heterocycles. The Kier molecular flexibility index (Phi) is 5.55. The number of anilines is 2. The first-order valence-corrected chi connectivity index (χ1v) is 11.3. The normalized spacial score (nSPS) is 17.2. The molecular weight excluding hydrogens is 408 g/mol. The number of hydrogen-bond donors (Lipinski definition) is 0. The number of rotatable bonds is 4. The monoisotopic (exact) mass is 436 g/mol. The number of piperazine rings is 1. The first-order chi connectivity index (χ1) is 15.6. The van der Waals surface area contributed by atoms with E-state index in [1.807, 2.05) is 30.0 Å². The molecule has 5 rings (SSSR count). The number of benzene rings is 1. The second-order valence-electron chi connectivity index (χ2n) is 8.50. The predicted octanol–water partition coefficient (Wildman–Crippen LogP) is 2.03. The van der Waals surface area contributed by atoms with E-state index >= 15 is 0 Å². The minimum Gasteiger partial charge on any atom is -0.408 e. The maximum Gasteiger partial charge on any atom is 0.420 e. The Hall–Kier alpha value is -3.36. The zero-order valence-electron chi connectivity index (χ0n) is 18.4. The maximum atomic E-state index is 12.9. The summed E-state index contributed by atoms with van der Waals surface area (Å²) in [6.07, 6.45) is 3.64. The Morgan fingerprint density at radius 1 is 0.969 bits per heavy atom. The van der Waals surface area contributed by atoms with Crippen molar-refractivity contribution in [1.82, 2.24) is 19.4 Å². The van der Waals surface area contributed by atoms with Gasteiger partial charge in [-0.1, -0.05) is 12.1 Å². The van der Waals surface area contributed by atoms with E-state index in [9.17, 15) is 9.59 Å². The Morgan fingerprint density at radius 2 is 1.72 bits per heavy atom. The second-order valence-corrected chi connectivity index (χ2v) is 8.50. The summed E-state index contributed by atoms with van der Waals surface area (Å²) in [6, 6.07) is 9.18. The second kappa shape index (κ2) is 8.64. The lowest BCUT2D eigenvalue weighted by molar-refractivity contribution is -0.132.